The minimum absolute atomic E-state index is 0.0126. The van der Waals surface area contributed by atoms with E-state index >= 15 is 0 Å². The van der Waals surface area contributed by atoms with Crippen LogP contribution >= 0.6 is 11.3 Å². The zero-order valence-electron chi connectivity index (χ0n) is 12.5. The summed E-state index contributed by atoms with van der Waals surface area (Å²) in [6, 6.07) is 3.66. The molecular weight excluding hydrogens is 288 g/mol. The molecule has 7 heteroatoms. The molecule has 0 spiro atoms. The van der Waals surface area contributed by atoms with Crippen LogP contribution in [-0.2, 0) is 11.3 Å². The van der Waals surface area contributed by atoms with Gasteiger partial charge in [-0.2, -0.15) is 0 Å². The van der Waals surface area contributed by atoms with Crippen LogP contribution in [0.2, 0.25) is 0 Å². The van der Waals surface area contributed by atoms with E-state index in [1.807, 2.05) is 29.3 Å². The van der Waals surface area contributed by atoms with E-state index in [4.69, 9.17) is 4.42 Å². The molecule has 0 saturated carbocycles. The first-order valence-electron chi connectivity index (χ1n) is 6.97. The molecule has 0 fully saturated rings. The quantitative estimate of drug-likeness (QED) is 0.848. The van der Waals surface area contributed by atoms with Crippen LogP contribution < -0.4 is 5.32 Å². The normalized spacial score (nSPS) is 12.6. The van der Waals surface area contributed by atoms with Gasteiger partial charge in [0.15, 0.2) is 0 Å². The molecule has 0 saturated heterocycles. The smallest absolute Gasteiger partial charge is 0.257 e. The summed E-state index contributed by atoms with van der Waals surface area (Å²) in [6.07, 6.45) is 0.952. The molecule has 21 heavy (non-hydrogen) atoms. The van der Waals surface area contributed by atoms with Crippen molar-refractivity contribution < 1.29 is 9.21 Å². The zero-order valence-corrected chi connectivity index (χ0v) is 13.3. The molecule has 0 radical (unpaired) electrons. The monoisotopic (exact) mass is 308 g/mol. The Morgan fingerprint density at radius 3 is 2.95 bits per heavy atom. The summed E-state index contributed by atoms with van der Waals surface area (Å²) in [7, 11) is 1.64. The van der Waals surface area contributed by atoms with Crippen LogP contribution in [0.3, 0.4) is 0 Å². The predicted octanol–water partition coefficient (Wildman–Crippen LogP) is 2.14. The molecule has 6 nitrogen and oxygen atoms in total. The number of nitrogens with one attached hydrogen (secondary N) is 1. The van der Waals surface area contributed by atoms with E-state index in [0.717, 1.165) is 17.8 Å². The van der Waals surface area contributed by atoms with Gasteiger partial charge in [-0.05, 0) is 31.3 Å². The van der Waals surface area contributed by atoms with Gasteiger partial charge in [-0.3, -0.25) is 9.69 Å². The summed E-state index contributed by atoms with van der Waals surface area (Å²) in [5, 5.41) is 12.8. The van der Waals surface area contributed by atoms with Crippen LogP contribution in [-0.4, -0.2) is 40.6 Å². The first-order chi connectivity index (χ1) is 10.2. The molecule has 1 N–H and O–H groups in total. The van der Waals surface area contributed by atoms with Crippen molar-refractivity contribution in [2.45, 2.75) is 32.9 Å². The lowest BCUT2D eigenvalue weighted by Gasteiger charge is -2.25. The molecule has 2 rings (SSSR count). The third kappa shape index (κ3) is 3.89. The van der Waals surface area contributed by atoms with Crippen LogP contribution in [0, 0.1) is 0 Å². The molecule has 0 aromatic carbocycles. The molecular formula is C14H20N4O2S. The maximum absolute atomic E-state index is 11.8. The molecule has 1 atom stereocenters. The highest BCUT2D eigenvalue weighted by atomic mass is 32.1. The van der Waals surface area contributed by atoms with Crippen LogP contribution in [0.25, 0.3) is 10.8 Å². The Morgan fingerprint density at radius 2 is 2.33 bits per heavy atom. The second kappa shape index (κ2) is 7.33. The molecule has 2 aromatic heterocycles. The Balaban J connectivity index is 2.08. The summed E-state index contributed by atoms with van der Waals surface area (Å²) in [5.41, 5.74) is 0. The minimum Gasteiger partial charge on any atom is -0.419 e. The third-order valence-electron chi connectivity index (χ3n) is 3.22. The third-order valence-corrected chi connectivity index (χ3v) is 4.08. The van der Waals surface area contributed by atoms with E-state index in [0.29, 0.717) is 18.3 Å². The summed E-state index contributed by atoms with van der Waals surface area (Å²) >= 11 is 1.56. The highest BCUT2D eigenvalue weighted by Crippen LogP contribution is 2.23. The van der Waals surface area contributed by atoms with Crippen molar-refractivity contribution in [2.75, 3.05) is 13.6 Å². The van der Waals surface area contributed by atoms with Crippen molar-refractivity contribution in [1.29, 1.82) is 0 Å². The molecule has 0 aliphatic rings. The van der Waals surface area contributed by atoms with Crippen molar-refractivity contribution in [3.8, 4) is 10.8 Å². The number of nitrogens with zero attached hydrogens (tertiary/aromatic N) is 3. The number of amides is 1. The second-order valence-corrected chi connectivity index (χ2v) is 5.69. The number of aromatic nitrogens is 2. The summed E-state index contributed by atoms with van der Waals surface area (Å²) < 4.78 is 5.68. The molecule has 2 heterocycles. The van der Waals surface area contributed by atoms with Crippen LogP contribution in [0.5, 0.6) is 0 Å². The fraction of sp³-hybridized carbons (Fsp3) is 0.500. The van der Waals surface area contributed by atoms with Crippen molar-refractivity contribution in [3.05, 3.63) is 23.4 Å². The average molecular weight is 308 g/mol. The Morgan fingerprint density at radius 1 is 1.52 bits per heavy atom. The highest BCUT2D eigenvalue weighted by Gasteiger charge is 2.22. The van der Waals surface area contributed by atoms with Crippen molar-refractivity contribution in [2.24, 2.45) is 0 Å². The van der Waals surface area contributed by atoms with E-state index in [1.165, 1.54) is 0 Å². The van der Waals surface area contributed by atoms with Gasteiger partial charge in [0.05, 0.1) is 17.5 Å². The lowest BCUT2D eigenvalue weighted by molar-refractivity contribution is -0.125. The van der Waals surface area contributed by atoms with E-state index in [-0.39, 0.29) is 11.9 Å². The van der Waals surface area contributed by atoms with Crippen LogP contribution in [0.1, 0.15) is 26.2 Å². The van der Waals surface area contributed by atoms with E-state index in [9.17, 15) is 4.79 Å². The van der Waals surface area contributed by atoms with Gasteiger partial charge in [-0.25, -0.2) is 0 Å². The molecule has 0 unspecified atom stereocenters. The summed E-state index contributed by atoms with van der Waals surface area (Å²) in [4.78, 5) is 14.8. The van der Waals surface area contributed by atoms with Gasteiger partial charge in [0, 0.05) is 7.05 Å². The molecule has 0 bridgehead atoms. The van der Waals surface area contributed by atoms with Gasteiger partial charge >= 0.3 is 0 Å². The van der Waals surface area contributed by atoms with Gasteiger partial charge in [0.1, 0.15) is 0 Å². The van der Waals surface area contributed by atoms with Crippen LogP contribution in [0.4, 0.5) is 0 Å². The topological polar surface area (TPSA) is 71.3 Å². The largest absolute Gasteiger partial charge is 0.419 e. The highest BCUT2D eigenvalue weighted by molar-refractivity contribution is 7.13. The lowest BCUT2D eigenvalue weighted by Crippen LogP contribution is -2.44. The number of likely N-dealkylation sites (N-methyl/N-ethyl adjacent to an activating group) is 1. The van der Waals surface area contributed by atoms with Gasteiger partial charge < -0.3 is 9.73 Å². The maximum atomic E-state index is 11.8. The van der Waals surface area contributed by atoms with Crippen LogP contribution in [0.15, 0.2) is 21.9 Å². The fourth-order valence-corrected chi connectivity index (χ4v) is 2.71. The fourth-order valence-electron chi connectivity index (χ4n) is 2.06. The molecule has 0 aliphatic heterocycles. The SMILES string of the molecule is CCCN(Cc1nnc(-c2cccs2)o1)[C@@H](C)C(=O)NC. The lowest BCUT2D eigenvalue weighted by atomic mass is 10.2. The van der Waals surface area contributed by atoms with E-state index in [1.54, 1.807) is 18.4 Å². The van der Waals surface area contributed by atoms with Crippen molar-refractivity contribution in [3.63, 3.8) is 0 Å². The zero-order chi connectivity index (χ0) is 15.2. The molecule has 114 valence electrons. The number of thiophene rings is 1. The first kappa shape index (κ1) is 15.7. The first-order valence-corrected chi connectivity index (χ1v) is 7.85. The minimum atomic E-state index is -0.230. The molecule has 0 aliphatic carbocycles. The standard InChI is InChI=1S/C14H20N4O2S/c1-4-7-18(10(2)13(19)15-3)9-12-16-17-14(20-12)11-6-5-8-21-11/h5-6,8,10H,4,7,9H2,1-3H3,(H,15,19)/t10-/m0/s1. The number of hydrogen-bond donors (Lipinski definition) is 1. The molecule has 2 aromatic rings. The predicted molar refractivity (Wildman–Crippen MR) is 81.8 cm³/mol. The van der Waals surface area contributed by atoms with E-state index in [2.05, 4.69) is 22.4 Å². The molecule has 1 amide bonds. The number of hydrogen-bond acceptors (Lipinski definition) is 6. The Bertz CT molecular complexity index is 567. The van der Waals surface area contributed by atoms with Gasteiger partial charge in [0.2, 0.25) is 11.8 Å². The Labute approximate surface area is 128 Å². The summed E-state index contributed by atoms with van der Waals surface area (Å²) in [5.74, 6) is 1.05. The van der Waals surface area contributed by atoms with Gasteiger partial charge in [-0.1, -0.05) is 13.0 Å². The summed E-state index contributed by atoms with van der Waals surface area (Å²) in [6.45, 7) is 5.23. The maximum Gasteiger partial charge on any atom is 0.257 e. The van der Waals surface area contributed by atoms with Gasteiger partial charge in [-0.15, -0.1) is 21.5 Å². The second-order valence-electron chi connectivity index (χ2n) is 4.74. The Hall–Kier alpha value is -1.73. The number of carbonyl (C=O) groups excluding carboxylic acids is 1. The van der Waals surface area contributed by atoms with Crippen molar-refractivity contribution in [1.82, 2.24) is 20.4 Å². The number of rotatable bonds is 7. The van der Waals surface area contributed by atoms with Crippen molar-refractivity contribution >= 4 is 17.2 Å². The van der Waals surface area contributed by atoms with Gasteiger partial charge in [0.25, 0.3) is 5.89 Å². The number of carbonyl (C=O) groups is 1. The van der Waals surface area contributed by atoms with E-state index < -0.39 is 0 Å². The average Bonchev–Trinajstić information content (AvgIpc) is 3.15. The Kier molecular flexibility index (Phi) is 5.46.